The molecule has 27 heavy (non-hydrogen) atoms. The average molecular weight is 377 g/mol. The van der Waals surface area contributed by atoms with Crippen molar-refractivity contribution in [2.75, 3.05) is 46.3 Å². The Morgan fingerprint density at radius 3 is 2.30 bits per heavy atom. The summed E-state index contributed by atoms with van der Waals surface area (Å²) in [7, 11) is 4.52. The fraction of sp³-hybridized carbons (Fsp3) is 0.389. The van der Waals surface area contributed by atoms with E-state index in [-0.39, 0.29) is 25.6 Å². The van der Waals surface area contributed by atoms with Gasteiger partial charge in [-0.15, -0.1) is 0 Å². The number of carbonyl (C=O) groups excluding carboxylic acids is 2. The number of anilines is 1. The van der Waals surface area contributed by atoms with Crippen molar-refractivity contribution in [2.24, 2.45) is 0 Å². The predicted molar refractivity (Wildman–Crippen MR) is 97.2 cm³/mol. The summed E-state index contributed by atoms with van der Waals surface area (Å²) in [5.41, 5.74) is 0.340. The molecule has 1 N–H and O–H groups in total. The monoisotopic (exact) mass is 377 g/mol. The predicted octanol–water partition coefficient (Wildman–Crippen LogP) is 1.73. The summed E-state index contributed by atoms with van der Waals surface area (Å²) in [6, 6.07) is 6.43. The van der Waals surface area contributed by atoms with Gasteiger partial charge in [0.05, 0.1) is 20.8 Å². The molecule has 0 unspecified atom stereocenters. The lowest BCUT2D eigenvalue weighted by Gasteiger charge is -2.22. The average Bonchev–Trinajstić information content (AvgIpc) is 3.08. The first-order valence-corrected chi connectivity index (χ1v) is 8.21. The SMILES string of the molecule is COCCN(CC(=O)Nc1cc(C)on1)C(=O)c1cc(OC)cc(OC)c1. The number of nitrogens with one attached hydrogen (secondary N) is 1. The zero-order valence-corrected chi connectivity index (χ0v) is 15.8. The molecule has 0 aliphatic carbocycles. The molecule has 2 amide bonds. The minimum absolute atomic E-state index is 0.173. The number of methoxy groups -OCH3 is 3. The Balaban J connectivity index is 2.16. The Hall–Kier alpha value is -3.07. The summed E-state index contributed by atoms with van der Waals surface area (Å²) in [6.45, 7) is 2.06. The molecule has 0 spiro atoms. The number of carbonyl (C=O) groups is 2. The van der Waals surface area contributed by atoms with Crippen molar-refractivity contribution in [1.82, 2.24) is 10.1 Å². The van der Waals surface area contributed by atoms with Gasteiger partial charge >= 0.3 is 0 Å². The lowest BCUT2D eigenvalue weighted by atomic mass is 10.1. The highest BCUT2D eigenvalue weighted by molar-refractivity contribution is 5.99. The molecule has 146 valence electrons. The molecule has 0 saturated heterocycles. The maximum atomic E-state index is 12.9. The van der Waals surface area contributed by atoms with Gasteiger partial charge in [-0.3, -0.25) is 9.59 Å². The van der Waals surface area contributed by atoms with E-state index in [1.165, 1.54) is 26.2 Å². The third-order valence-corrected chi connectivity index (χ3v) is 3.68. The molecule has 0 aliphatic heterocycles. The molecule has 9 heteroatoms. The van der Waals surface area contributed by atoms with Gasteiger partial charge in [0, 0.05) is 31.4 Å². The minimum atomic E-state index is -0.400. The van der Waals surface area contributed by atoms with Crippen LogP contribution in [0.1, 0.15) is 16.1 Å². The van der Waals surface area contributed by atoms with Gasteiger partial charge in [0.2, 0.25) is 5.91 Å². The van der Waals surface area contributed by atoms with Gasteiger partial charge in [0.1, 0.15) is 23.8 Å². The molecular weight excluding hydrogens is 354 g/mol. The third kappa shape index (κ3) is 5.71. The van der Waals surface area contributed by atoms with E-state index >= 15 is 0 Å². The third-order valence-electron chi connectivity index (χ3n) is 3.68. The van der Waals surface area contributed by atoms with Crippen LogP contribution in [0.15, 0.2) is 28.8 Å². The van der Waals surface area contributed by atoms with Crippen molar-refractivity contribution < 1.29 is 28.3 Å². The van der Waals surface area contributed by atoms with E-state index in [2.05, 4.69) is 10.5 Å². The van der Waals surface area contributed by atoms with Crippen LogP contribution < -0.4 is 14.8 Å². The van der Waals surface area contributed by atoms with Crippen molar-refractivity contribution >= 4 is 17.6 Å². The second-order valence-corrected chi connectivity index (χ2v) is 5.69. The number of hydrogen-bond acceptors (Lipinski definition) is 7. The molecule has 1 aromatic heterocycles. The van der Waals surface area contributed by atoms with Crippen LogP contribution in [0.25, 0.3) is 0 Å². The van der Waals surface area contributed by atoms with Gasteiger partial charge in [-0.25, -0.2) is 0 Å². The number of rotatable bonds is 9. The van der Waals surface area contributed by atoms with E-state index in [9.17, 15) is 9.59 Å². The Morgan fingerprint density at radius 2 is 1.78 bits per heavy atom. The number of aryl methyl sites for hydroxylation is 1. The van der Waals surface area contributed by atoms with Crippen molar-refractivity contribution in [1.29, 1.82) is 0 Å². The maximum Gasteiger partial charge on any atom is 0.254 e. The van der Waals surface area contributed by atoms with Crippen LogP contribution in [0.2, 0.25) is 0 Å². The van der Waals surface area contributed by atoms with E-state index in [1.54, 1.807) is 31.2 Å². The largest absolute Gasteiger partial charge is 0.497 e. The molecule has 2 aromatic rings. The number of aromatic nitrogens is 1. The van der Waals surface area contributed by atoms with Crippen LogP contribution in [0.5, 0.6) is 11.5 Å². The van der Waals surface area contributed by atoms with Crippen molar-refractivity contribution in [3.05, 3.63) is 35.6 Å². The first kappa shape index (κ1) is 20.2. The molecule has 2 rings (SSSR count). The van der Waals surface area contributed by atoms with Crippen LogP contribution in [0, 0.1) is 6.92 Å². The summed E-state index contributed by atoms with van der Waals surface area (Å²) in [5, 5.41) is 6.30. The van der Waals surface area contributed by atoms with Crippen LogP contribution in [0.3, 0.4) is 0 Å². The second kappa shape index (κ2) is 9.58. The quantitative estimate of drug-likeness (QED) is 0.710. The summed E-state index contributed by atoms with van der Waals surface area (Å²) in [4.78, 5) is 26.6. The van der Waals surface area contributed by atoms with E-state index in [0.29, 0.717) is 28.6 Å². The minimum Gasteiger partial charge on any atom is -0.497 e. The van der Waals surface area contributed by atoms with Gasteiger partial charge in [-0.1, -0.05) is 5.16 Å². The number of benzene rings is 1. The molecule has 1 heterocycles. The molecule has 0 fully saturated rings. The second-order valence-electron chi connectivity index (χ2n) is 5.69. The van der Waals surface area contributed by atoms with Gasteiger partial charge in [-0.05, 0) is 19.1 Å². The number of hydrogen-bond donors (Lipinski definition) is 1. The Bertz CT molecular complexity index is 767. The maximum absolute atomic E-state index is 12.9. The van der Waals surface area contributed by atoms with Crippen molar-refractivity contribution in [3.8, 4) is 11.5 Å². The molecule has 0 saturated carbocycles. The van der Waals surface area contributed by atoms with Gasteiger partial charge in [0.25, 0.3) is 5.91 Å². The molecule has 0 bridgehead atoms. The molecule has 0 radical (unpaired) electrons. The summed E-state index contributed by atoms with van der Waals surface area (Å²) in [6.07, 6.45) is 0. The highest BCUT2D eigenvalue weighted by Crippen LogP contribution is 2.23. The van der Waals surface area contributed by atoms with Crippen molar-refractivity contribution in [3.63, 3.8) is 0 Å². The Morgan fingerprint density at radius 1 is 1.11 bits per heavy atom. The molecular formula is C18H23N3O6. The van der Waals surface area contributed by atoms with E-state index in [1.807, 2.05) is 0 Å². The number of amides is 2. The normalized spacial score (nSPS) is 10.4. The van der Waals surface area contributed by atoms with Gasteiger partial charge in [-0.2, -0.15) is 0 Å². The molecule has 9 nitrogen and oxygen atoms in total. The smallest absolute Gasteiger partial charge is 0.254 e. The highest BCUT2D eigenvalue weighted by Gasteiger charge is 2.21. The Labute approximate surface area is 157 Å². The summed E-state index contributed by atoms with van der Waals surface area (Å²) in [5.74, 6) is 1.07. The first-order chi connectivity index (χ1) is 13.0. The zero-order valence-electron chi connectivity index (χ0n) is 15.8. The summed E-state index contributed by atoms with van der Waals surface area (Å²) < 4.78 is 20.4. The van der Waals surface area contributed by atoms with Crippen LogP contribution in [0.4, 0.5) is 5.82 Å². The molecule has 1 aromatic carbocycles. The van der Waals surface area contributed by atoms with Crippen LogP contribution in [-0.2, 0) is 9.53 Å². The first-order valence-electron chi connectivity index (χ1n) is 8.21. The van der Waals surface area contributed by atoms with E-state index in [0.717, 1.165) is 0 Å². The topological polar surface area (TPSA) is 103 Å². The zero-order chi connectivity index (χ0) is 19.8. The lowest BCUT2D eigenvalue weighted by molar-refractivity contribution is -0.117. The fourth-order valence-corrected chi connectivity index (χ4v) is 2.35. The van der Waals surface area contributed by atoms with E-state index < -0.39 is 5.91 Å². The number of nitrogens with zero attached hydrogens (tertiary/aromatic N) is 2. The van der Waals surface area contributed by atoms with Crippen LogP contribution in [-0.4, -0.2) is 62.9 Å². The van der Waals surface area contributed by atoms with E-state index in [4.69, 9.17) is 18.7 Å². The number of ether oxygens (including phenoxy) is 3. The Kier molecular flexibility index (Phi) is 7.18. The lowest BCUT2D eigenvalue weighted by Crippen LogP contribution is -2.40. The fourth-order valence-electron chi connectivity index (χ4n) is 2.35. The molecule has 0 atom stereocenters. The molecule has 0 aliphatic rings. The van der Waals surface area contributed by atoms with Crippen LogP contribution >= 0.6 is 0 Å². The van der Waals surface area contributed by atoms with Gasteiger partial charge in [0.15, 0.2) is 5.82 Å². The van der Waals surface area contributed by atoms with Crippen molar-refractivity contribution in [2.45, 2.75) is 6.92 Å². The highest BCUT2D eigenvalue weighted by atomic mass is 16.5. The summed E-state index contributed by atoms with van der Waals surface area (Å²) >= 11 is 0. The standard InChI is InChI=1S/C18H23N3O6/c1-12-7-16(20-27-12)19-17(22)11-21(5-6-24-2)18(23)13-8-14(25-3)10-15(9-13)26-4/h7-10H,5-6,11H2,1-4H3,(H,19,20,22). The van der Waals surface area contributed by atoms with Gasteiger partial charge < -0.3 is 29.0 Å².